The third-order valence-corrected chi connectivity index (χ3v) is 5.85. The van der Waals surface area contributed by atoms with Crippen LogP contribution in [0, 0.1) is 6.92 Å². The van der Waals surface area contributed by atoms with Gasteiger partial charge in [-0.05, 0) is 61.0 Å². The molecule has 0 radical (unpaired) electrons. The number of nitrogens with zero attached hydrogens (tertiary/aromatic N) is 2. The maximum atomic E-state index is 12.8. The Balaban J connectivity index is 1.36. The van der Waals surface area contributed by atoms with Crippen LogP contribution >= 0.6 is 0 Å². The van der Waals surface area contributed by atoms with Crippen LogP contribution in [0.15, 0.2) is 108 Å². The maximum Gasteiger partial charge on any atom is 0.255 e. The highest BCUT2D eigenvalue weighted by Gasteiger charge is 2.33. The monoisotopic (exact) mass is 491 g/mol. The average Bonchev–Trinajstić information content (AvgIpc) is 3.36. The zero-order valence-corrected chi connectivity index (χ0v) is 20.4. The molecule has 0 aliphatic carbocycles. The van der Waals surface area contributed by atoms with E-state index >= 15 is 0 Å². The fourth-order valence-electron chi connectivity index (χ4n) is 4.01. The lowest BCUT2D eigenvalue weighted by Gasteiger charge is -2.20. The quantitative estimate of drug-likeness (QED) is 0.344. The third-order valence-electron chi connectivity index (χ3n) is 5.85. The standard InChI is InChI=1S/C30H25N3O4/c1-20-10-6-7-17-27(20)28(35)31-24-13-8-11-22(18-24)29-32-33(21(2)34)30(37-29)23-12-9-16-26(19-23)36-25-14-4-3-5-15-25/h3-19,30H,1-2H3,(H,31,35)/t30-/m0/s1. The second kappa shape index (κ2) is 10.4. The van der Waals surface area contributed by atoms with Gasteiger partial charge in [0.15, 0.2) is 0 Å². The van der Waals surface area contributed by atoms with Gasteiger partial charge in [0.2, 0.25) is 18.0 Å². The lowest BCUT2D eigenvalue weighted by atomic mass is 10.1. The van der Waals surface area contributed by atoms with Gasteiger partial charge in [-0.15, -0.1) is 5.10 Å². The number of amides is 2. The molecule has 0 bridgehead atoms. The number of hydrazone groups is 1. The van der Waals surface area contributed by atoms with Crippen molar-refractivity contribution < 1.29 is 19.1 Å². The number of hydrogen-bond acceptors (Lipinski definition) is 5. The summed E-state index contributed by atoms with van der Waals surface area (Å²) in [6.07, 6.45) is -0.753. The van der Waals surface area contributed by atoms with Gasteiger partial charge >= 0.3 is 0 Å². The number of hydrogen-bond donors (Lipinski definition) is 1. The summed E-state index contributed by atoms with van der Waals surface area (Å²) in [6.45, 7) is 3.33. The van der Waals surface area contributed by atoms with Crippen molar-refractivity contribution in [3.8, 4) is 11.5 Å². The van der Waals surface area contributed by atoms with Gasteiger partial charge in [0, 0.05) is 29.3 Å². The van der Waals surface area contributed by atoms with Crippen molar-refractivity contribution in [2.45, 2.75) is 20.1 Å². The minimum atomic E-state index is -0.753. The molecule has 1 aliphatic rings. The second-order valence-electron chi connectivity index (χ2n) is 8.58. The Morgan fingerprint density at radius 2 is 1.59 bits per heavy atom. The van der Waals surface area contributed by atoms with Crippen molar-refractivity contribution >= 4 is 23.4 Å². The smallest absolute Gasteiger partial charge is 0.255 e. The summed E-state index contributed by atoms with van der Waals surface area (Å²) in [7, 11) is 0. The van der Waals surface area contributed by atoms with Crippen LogP contribution in [0.2, 0.25) is 0 Å². The van der Waals surface area contributed by atoms with Crippen molar-refractivity contribution in [2.75, 3.05) is 5.32 Å². The molecule has 4 aromatic rings. The first-order valence-electron chi connectivity index (χ1n) is 11.8. The van der Waals surface area contributed by atoms with Crippen LogP contribution in [0.25, 0.3) is 0 Å². The van der Waals surface area contributed by atoms with Crippen LogP contribution in [-0.2, 0) is 9.53 Å². The molecule has 37 heavy (non-hydrogen) atoms. The first kappa shape index (κ1) is 23.8. The number of carbonyl (C=O) groups is 2. The molecule has 7 nitrogen and oxygen atoms in total. The molecule has 1 heterocycles. The Hall–Kier alpha value is -4.91. The van der Waals surface area contributed by atoms with Crippen molar-refractivity contribution in [1.29, 1.82) is 0 Å². The lowest BCUT2D eigenvalue weighted by molar-refractivity contribution is -0.135. The molecule has 0 saturated heterocycles. The van der Waals surface area contributed by atoms with Gasteiger partial charge < -0.3 is 14.8 Å². The largest absolute Gasteiger partial charge is 0.457 e. The molecule has 1 atom stereocenters. The summed E-state index contributed by atoms with van der Waals surface area (Å²) >= 11 is 0. The summed E-state index contributed by atoms with van der Waals surface area (Å²) in [5, 5.41) is 8.67. The van der Waals surface area contributed by atoms with Crippen LogP contribution < -0.4 is 10.1 Å². The van der Waals surface area contributed by atoms with E-state index in [4.69, 9.17) is 9.47 Å². The first-order chi connectivity index (χ1) is 18.0. The summed E-state index contributed by atoms with van der Waals surface area (Å²) < 4.78 is 12.1. The normalized spacial score (nSPS) is 14.5. The van der Waals surface area contributed by atoms with Gasteiger partial charge in [-0.1, -0.05) is 54.6 Å². The number of ether oxygens (including phenoxy) is 2. The maximum absolute atomic E-state index is 12.8. The van der Waals surface area contributed by atoms with Crippen molar-refractivity contribution in [1.82, 2.24) is 5.01 Å². The molecule has 0 aromatic heterocycles. The van der Waals surface area contributed by atoms with E-state index in [-0.39, 0.29) is 17.7 Å². The molecule has 0 spiro atoms. The van der Waals surface area contributed by atoms with Crippen molar-refractivity contribution in [3.05, 3.63) is 125 Å². The molecule has 1 aliphatic heterocycles. The van der Waals surface area contributed by atoms with Crippen LogP contribution in [0.3, 0.4) is 0 Å². The molecule has 5 rings (SSSR count). The summed E-state index contributed by atoms with van der Waals surface area (Å²) in [5.41, 5.74) is 3.42. The van der Waals surface area contributed by atoms with Gasteiger partial charge in [-0.3, -0.25) is 9.59 Å². The molecule has 4 aromatic carbocycles. The van der Waals surface area contributed by atoms with Gasteiger partial charge in [-0.25, -0.2) is 0 Å². The number of rotatable bonds is 6. The molecule has 0 unspecified atom stereocenters. The SMILES string of the molecule is CC(=O)N1N=C(c2cccc(NC(=O)c3ccccc3C)c2)O[C@H]1c1cccc(Oc2ccccc2)c1. The van der Waals surface area contributed by atoms with E-state index in [1.54, 1.807) is 24.3 Å². The number of benzene rings is 4. The molecule has 1 N–H and O–H groups in total. The number of nitrogens with one attached hydrogen (secondary N) is 1. The van der Waals surface area contributed by atoms with E-state index in [1.165, 1.54) is 11.9 Å². The highest BCUT2D eigenvalue weighted by molar-refractivity contribution is 6.06. The van der Waals surface area contributed by atoms with Crippen LogP contribution in [0.5, 0.6) is 11.5 Å². The predicted octanol–water partition coefficient (Wildman–Crippen LogP) is 6.28. The van der Waals surface area contributed by atoms with E-state index in [9.17, 15) is 9.59 Å². The van der Waals surface area contributed by atoms with E-state index < -0.39 is 6.23 Å². The first-order valence-corrected chi connectivity index (χ1v) is 11.8. The minimum Gasteiger partial charge on any atom is -0.457 e. The fraction of sp³-hybridized carbons (Fsp3) is 0.100. The van der Waals surface area contributed by atoms with E-state index in [0.29, 0.717) is 33.9 Å². The Morgan fingerprint density at radius 3 is 2.38 bits per heavy atom. The summed E-state index contributed by atoms with van der Waals surface area (Å²) in [5.74, 6) is 1.13. The minimum absolute atomic E-state index is 0.206. The molecular formula is C30H25N3O4. The Bertz CT molecular complexity index is 1480. The number of carbonyl (C=O) groups excluding carboxylic acids is 2. The average molecular weight is 492 g/mol. The van der Waals surface area contributed by atoms with Crippen LogP contribution in [0.4, 0.5) is 5.69 Å². The molecular weight excluding hydrogens is 466 g/mol. The summed E-state index contributed by atoms with van der Waals surface area (Å²) in [6, 6.07) is 31.4. The third kappa shape index (κ3) is 5.36. The molecule has 2 amide bonds. The fourth-order valence-corrected chi connectivity index (χ4v) is 4.01. The Morgan fingerprint density at radius 1 is 0.865 bits per heavy atom. The number of aryl methyl sites for hydroxylation is 1. The Labute approximate surface area is 215 Å². The van der Waals surface area contributed by atoms with Gasteiger partial charge in [-0.2, -0.15) is 5.01 Å². The predicted molar refractivity (Wildman–Crippen MR) is 141 cm³/mol. The van der Waals surface area contributed by atoms with Gasteiger partial charge in [0.1, 0.15) is 11.5 Å². The van der Waals surface area contributed by atoms with Gasteiger partial charge in [0.05, 0.1) is 0 Å². The topological polar surface area (TPSA) is 80.2 Å². The Kier molecular flexibility index (Phi) is 6.68. The molecule has 7 heteroatoms. The highest BCUT2D eigenvalue weighted by atomic mass is 16.5. The van der Waals surface area contributed by atoms with Gasteiger partial charge in [0.25, 0.3) is 5.91 Å². The zero-order valence-electron chi connectivity index (χ0n) is 20.4. The summed E-state index contributed by atoms with van der Waals surface area (Å²) in [4.78, 5) is 25.2. The molecule has 0 fully saturated rings. The highest BCUT2D eigenvalue weighted by Crippen LogP contribution is 2.33. The van der Waals surface area contributed by atoms with E-state index in [0.717, 1.165) is 5.56 Å². The van der Waals surface area contributed by atoms with E-state index in [2.05, 4.69) is 10.4 Å². The molecule has 184 valence electrons. The van der Waals surface area contributed by atoms with Crippen molar-refractivity contribution in [2.24, 2.45) is 5.10 Å². The van der Waals surface area contributed by atoms with Crippen LogP contribution in [-0.4, -0.2) is 22.7 Å². The molecule has 0 saturated carbocycles. The number of anilines is 1. The lowest BCUT2D eigenvalue weighted by Crippen LogP contribution is -2.25. The number of para-hydroxylation sites is 1. The van der Waals surface area contributed by atoms with E-state index in [1.807, 2.05) is 85.8 Å². The zero-order chi connectivity index (χ0) is 25.8. The van der Waals surface area contributed by atoms with Crippen molar-refractivity contribution in [3.63, 3.8) is 0 Å². The second-order valence-corrected chi connectivity index (χ2v) is 8.58. The van der Waals surface area contributed by atoms with Crippen LogP contribution in [0.1, 0.15) is 40.2 Å².